The Morgan fingerprint density at radius 2 is 1.85 bits per heavy atom. The van der Waals surface area contributed by atoms with Gasteiger partial charge in [0.1, 0.15) is 12.4 Å². The van der Waals surface area contributed by atoms with Crippen LogP contribution in [0.1, 0.15) is 5.82 Å². The van der Waals surface area contributed by atoms with Gasteiger partial charge in [-0.15, -0.1) is 0 Å². The van der Waals surface area contributed by atoms with Crippen molar-refractivity contribution in [3.63, 3.8) is 0 Å². The van der Waals surface area contributed by atoms with E-state index in [4.69, 9.17) is 9.47 Å². The highest BCUT2D eigenvalue weighted by molar-refractivity contribution is 5.43. The Balaban J connectivity index is 2.21. The van der Waals surface area contributed by atoms with Gasteiger partial charge in [-0.05, 0) is 0 Å². The smallest absolute Gasteiger partial charge is 0.218 e. The minimum absolute atomic E-state index is 0.0619. The lowest BCUT2D eigenvalue weighted by atomic mass is 9.98. The first-order valence-electron chi connectivity index (χ1n) is 6.59. The zero-order chi connectivity index (χ0) is 14.5. The summed E-state index contributed by atoms with van der Waals surface area (Å²) in [6.07, 6.45) is 0. The summed E-state index contributed by atoms with van der Waals surface area (Å²) in [6, 6.07) is 1.76. The van der Waals surface area contributed by atoms with Gasteiger partial charge in [0.15, 0.2) is 5.82 Å². The fraction of sp³-hybridized carbons (Fsp3) is 0.692. The molecule has 2 N–H and O–H groups in total. The van der Waals surface area contributed by atoms with E-state index in [1.54, 1.807) is 20.3 Å². The van der Waals surface area contributed by atoms with Gasteiger partial charge < -0.3 is 24.6 Å². The van der Waals surface area contributed by atoms with Gasteiger partial charge in [0.25, 0.3) is 0 Å². The van der Waals surface area contributed by atoms with Gasteiger partial charge in [-0.3, -0.25) is 0 Å². The largest absolute Gasteiger partial charge is 0.481 e. The summed E-state index contributed by atoms with van der Waals surface area (Å²) in [5.74, 6) is 1.89. The minimum Gasteiger partial charge on any atom is -0.481 e. The molecule has 7 nitrogen and oxygen atoms in total. The molecule has 0 radical (unpaired) electrons. The molecule has 1 aromatic heterocycles. The quantitative estimate of drug-likeness (QED) is 0.739. The average Bonchev–Trinajstić information content (AvgIpc) is 2.90. The Hall–Kier alpha value is -1.44. The van der Waals surface area contributed by atoms with Crippen LogP contribution in [0.4, 0.5) is 5.82 Å². The minimum atomic E-state index is 0.0619. The molecule has 1 fully saturated rings. The number of aliphatic hydroxyl groups is 2. The first kappa shape index (κ1) is 15.0. The number of rotatable bonds is 6. The first-order valence-corrected chi connectivity index (χ1v) is 6.59. The third kappa shape index (κ3) is 3.17. The van der Waals surface area contributed by atoms with E-state index >= 15 is 0 Å². The maximum atomic E-state index is 9.36. The van der Waals surface area contributed by atoms with E-state index in [1.807, 2.05) is 4.90 Å². The second-order valence-corrected chi connectivity index (χ2v) is 4.91. The Kier molecular flexibility index (Phi) is 5.11. The molecule has 0 spiro atoms. The average molecular weight is 283 g/mol. The summed E-state index contributed by atoms with van der Waals surface area (Å²) < 4.78 is 10.2. The van der Waals surface area contributed by atoms with Crippen LogP contribution in [0.2, 0.25) is 0 Å². The summed E-state index contributed by atoms with van der Waals surface area (Å²) in [5.41, 5.74) is 0. The molecule has 0 bridgehead atoms. The highest BCUT2D eigenvalue weighted by atomic mass is 16.5. The Morgan fingerprint density at radius 1 is 1.20 bits per heavy atom. The monoisotopic (exact) mass is 283 g/mol. The van der Waals surface area contributed by atoms with Crippen LogP contribution >= 0.6 is 0 Å². The van der Waals surface area contributed by atoms with Crippen molar-refractivity contribution in [1.82, 2.24) is 9.97 Å². The molecule has 7 heteroatoms. The van der Waals surface area contributed by atoms with Crippen molar-refractivity contribution in [2.75, 3.05) is 45.4 Å². The SMILES string of the molecule is COCc1nc(OC)cc(N2C[C@@H](CO)[C@H](CO)C2)n1. The number of aromatic nitrogens is 2. The van der Waals surface area contributed by atoms with Crippen molar-refractivity contribution in [3.05, 3.63) is 11.9 Å². The zero-order valence-corrected chi connectivity index (χ0v) is 11.8. The summed E-state index contributed by atoms with van der Waals surface area (Å²) in [4.78, 5) is 10.7. The predicted molar refractivity (Wildman–Crippen MR) is 72.7 cm³/mol. The molecule has 0 aliphatic carbocycles. The van der Waals surface area contributed by atoms with Gasteiger partial charge in [0.2, 0.25) is 5.88 Å². The van der Waals surface area contributed by atoms with Gasteiger partial charge in [0, 0.05) is 51.3 Å². The van der Waals surface area contributed by atoms with E-state index in [0.717, 1.165) is 5.82 Å². The number of anilines is 1. The molecular weight excluding hydrogens is 262 g/mol. The van der Waals surface area contributed by atoms with Gasteiger partial charge in [-0.25, -0.2) is 4.98 Å². The molecule has 20 heavy (non-hydrogen) atoms. The predicted octanol–water partition coefficient (Wildman–Crippen LogP) is -0.331. The molecule has 2 heterocycles. The molecule has 1 saturated heterocycles. The number of methoxy groups -OCH3 is 2. The normalized spacial score (nSPS) is 22.3. The second-order valence-electron chi connectivity index (χ2n) is 4.91. The fourth-order valence-corrected chi connectivity index (χ4v) is 2.46. The summed E-state index contributed by atoms with van der Waals surface area (Å²) in [6.45, 7) is 1.76. The van der Waals surface area contributed by atoms with Crippen molar-refractivity contribution < 1.29 is 19.7 Å². The van der Waals surface area contributed by atoms with Crippen LogP contribution < -0.4 is 9.64 Å². The van der Waals surface area contributed by atoms with Gasteiger partial charge in [-0.1, -0.05) is 0 Å². The van der Waals surface area contributed by atoms with E-state index < -0.39 is 0 Å². The number of ether oxygens (including phenoxy) is 2. The molecule has 0 unspecified atom stereocenters. The number of hydrogen-bond donors (Lipinski definition) is 2. The molecule has 0 aromatic carbocycles. The summed E-state index contributed by atoms with van der Waals surface area (Å²) >= 11 is 0. The van der Waals surface area contributed by atoms with E-state index in [9.17, 15) is 10.2 Å². The van der Waals surface area contributed by atoms with Crippen LogP contribution in [0, 0.1) is 11.8 Å². The maximum Gasteiger partial charge on any atom is 0.218 e. The van der Waals surface area contributed by atoms with Crippen LogP contribution in [-0.2, 0) is 11.3 Å². The molecule has 0 amide bonds. The Labute approximate surface area is 118 Å². The lowest BCUT2D eigenvalue weighted by Crippen LogP contribution is -2.22. The van der Waals surface area contributed by atoms with Crippen molar-refractivity contribution in [1.29, 1.82) is 0 Å². The van der Waals surface area contributed by atoms with Crippen LogP contribution in [0.25, 0.3) is 0 Å². The van der Waals surface area contributed by atoms with Crippen LogP contribution in [0.15, 0.2) is 6.07 Å². The molecule has 2 rings (SSSR count). The van der Waals surface area contributed by atoms with Crippen molar-refractivity contribution >= 4 is 5.82 Å². The second kappa shape index (κ2) is 6.83. The number of aliphatic hydroxyl groups excluding tert-OH is 2. The van der Waals surface area contributed by atoms with E-state index in [1.165, 1.54) is 0 Å². The maximum absolute atomic E-state index is 9.36. The van der Waals surface area contributed by atoms with E-state index in [0.29, 0.717) is 31.4 Å². The molecule has 112 valence electrons. The fourth-order valence-electron chi connectivity index (χ4n) is 2.46. The zero-order valence-electron chi connectivity index (χ0n) is 11.8. The molecule has 1 aliphatic rings. The van der Waals surface area contributed by atoms with Crippen molar-refractivity contribution in [2.45, 2.75) is 6.61 Å². The summed E-state index contributed by atoms with van der Waals surface area (Å²) in [7, 11) is 3.14. The van der Waals surface area contributed by atoms with Crippen LogP contribution in [0.5, 0.6) is 5.88 Å². The van der Waals surface area contributed by atoms with Crippen LogP contribution in [-0.4, -0.2) is 60.7 Å². The van der Waals surface area contributed by atoms with E-state index in [-0.39, 0.29) is 25.0 Å². The highest BCUT2D eigenvalue weighted by Crippen LogP contribution is 2.28. The third-order valence-electron chi connectivity index (χ3n) is 3.59. The standard InChI is InChI=1S/C13H21N3O4/c1-19-8-11-14-12(3-13(15-11)20-2)16-4-9(6-17)10(5-16)7-18/h3,9-10,17-18H,4-8H2,1-2H3/t9-,10-/m0/s1. The highest BCUT2D eigenvalue weighted by Gasteiger charge is 2.32. The lowest BCUT2D eigenvalue weighted by Gasteiger charge is -2.18. The first-order chi connectivity index (χ1) is 9.71. The number of hydrogen-bond acceptors (Lipinski definition) is 7. The van der Waals surface area contributed by atoms with Gasteiger partial charge in [-0.2, -0.15) is 4.98 Å². The molecule has 1 aromatic rings. The lowest BCUT2D eigenvalue weighted by molar-refractivity contribution is 0.152. The molecule has 1 aliphatic heterocycles. The number of nitrogens with zero attached hydrogens (tertiary/aromatic N) is 3. The van der Waals surface area contributed by atoms with Crippen LogP contribution in [0.3, 0.4) is 0 Å². The van der Waals surface area contributed by atoms with Crippen molar-refractivity contribution in [3.8, 4) is 5.88 Å². The molecule has 0 saturated carbocycles. The molecule has 2 atom stereocenters. The van der Waals surface area contributed by atoms with Gasteiger partial charge in [0.05, 0.1) is 7.11 Å². The third-order valence-corrected chi connectivity index (χ3v) is 3.59. The van der Waals surface area contributed by atoms with E-state index in [2.05, 4.69) is 9.97 Å². The summed E-state index contributed by atoms with van der Waals surface area (Å²) in [5, 5.41) is 18.7. The van der Waals surface area contributed by atoms with Crippen molar-refractivity contribution in [2.24, 2.45) is 11.8 Å². The Bertz CT molecular complexity index is 432. The Morgan fingerprint density at radius 3 is 2.35 bits per heavy atom. The van der Waals surface area contributed by atoms with Gasteiger partial charge >= 0.3 is 0 Å². The molecular formula is C13H21N3O4. The topological polar surface area (TPSA) is 87.9 Å².